The SMILES string of the molecule is C=CCNCCC1(c2ccc(CC)cc2)COC1. The molecule has 1 aliphatic heterocycles. The molecular weight excluding hydrogens is 222 g/mol. The van der Waals surface area contributed by atoms with Gasteiger partial charge in [0.1, 0.15) is 0 Å². The molecule has 98 valence electrons. The molecule has 0 amide bonds. The second-order valence-electron chi connectivity index (χ2n) is 5.07. The van der Waals surface area contributed by atoms with Crippen molar-refractivity contribution in [3.8, 4) is 0 Å². The maximum Gasteiger partial charge on any atom is 0.0586 e. The molecule has 1 saturated heterocycles. The highest BCUT2D eigenvalue weighted by molar-refractivity contribution is 5.31. The van der Waals surface area contributed by atoms with Crippen LogP contribution in [0.3, 0.4) is 0 Å². The summed E-state index contributed by atoms with van der Waals surface area (Å²) in [5, 5.41) is 3.38. The van der Waals surface area contributed by atoms with Gasteiger partial charge >= 0.3 is 0 Å². The van der Waals surface area contributed by atoms with Gasteiger partial charge in [-0.15, -0.1) is 6.58 Å². The van der Waals surface area contributed by atoms with Crippen LogP contribution in [0.2, 0.25) is 0 Å². The minimum Gasteiger partial charge on any atom is -0.379 e. The molecule has 1 fully saturated rings. The van der Waals surface area contributed by atoms with Crippen molar-refractivity contribution in [2.24, 2.45) is 0 Å². The van der Waals surface area contributed by atoms with E-state index in [4.69, 9.17) is 4.74 Å². The van der Waals surface area contributed by atoms with Gasteiger partial charge in [0, 0.05) is 12.0 Å². The van der Waals surface area contributed by atoms with E-state index < -0.39 is 0 Å². The second kappa shape index (κ2) is 6.17. The van der Waals surface area contributed by atoms with E-state index in [1.54, 1.807) is 0 Å². The van der Waals surface area contributed by atoms with E-state index in [1.165, 1.54) is 11.1 Å². The predicted octanol–water partition coefficient (Wildman–Crippen LogP) is 2.68. The predicted molar refractivity (Wildman–Crippen MR) is 76.0 cm³/mol. The normalized spacial score (nSPS) is 17.2. The van der Waals surface area contributed by atoms with Crippen molar-refractivity contribution < 1.29 is 4.74 Å². The second-order valence-corrected chi connectivity index (χ2v) is 5.07. The van der Waals surface area contributed by atoms with Gasteiger partial charge in [-0.2, -0.15) is 0 Å². The molecule has 0 saturated carbocycles. The standard InChI is InChI=1S/C16H23NO/c1-3-10-17-11-9-16(12-18-13-16)15-7-5-14(4-2)6-8-15/h3,5-8,17H,1,4,9-13H2,2H3. The van der Waals surface area contributed by atoms with Gasteiger partial charge in [0.05, 0.1) is 13.2 Å². The fraction of sp³-hybridized carbons (Fsp3) is 0.500. The molecule has 2 heteroatoms. The van der Waals surface area contributed by atoms with E-state index in [9.17, 15) is 0 Å². The summed E-state index contributed by atoms with van der Waals surface area (Å²) in [4.78, 5) is 0. The number of ether oxygens (including phenoxy) is 1. The minimum atomic E-state index is 0.237. The molecule has 0 aromatic heterocycles. The van der Waals surface area contributed by atoms with E-state index >= 15 is 0 Å². The Kier molecular flexibility index (Phi) is 4.56. The Balaban J connectivity index is 1.99. The first-order valence-electron chi connectivity index (χ1n) is 6.79. The zero-order valence-electron chi connectivity index (χ0n) is 11.2. The van der Waals surface area contributed by atoms with Crippen LogP contribution < -0.4 is 5.32 Å². The third-order valence-electron chi connectivity index (χ3n) is 3.80. The summed E-state index contributed by atoms with van der Waals surface area (Å²) in [6.07, 6.45) is 4.14. The van der Waals surface area contributed by atoms with Gasteiger partial charge in [0.15, 0.2) is 0 Å². The summed E-state index contributed by atoms with van der Waals surface area (Å²) >= 11 is 0. The van der Waals surface area contributed by atoms with E-state index in [1.807, 2.05) is 6.08 Å². The molecular formula is C16H23NO. The zero-order chi connectivity index (χ0) is 12.8. The first-order chi connectivity index (χ1) is 8.80. The van der Waals surface area contributed by atoms with Gasteiger partial charge in [0.2, 0.25) is 0 Å². The van der Waals surface area contributed by atoms with E-state index in [0.29, 0.717) is 0 Å². The molecule has 0 spiro atoms. The highest BCUT2D eigenvalue weighted by atomic mass is 16.5. The molecule has 1 N–H and O–H groups in total. The molecule has 0 bridgehead atoms. The maximum atomic E-state index is 5.46. The average molecular weight is 245 g/mol. The summed E-state index contributed by atoms with van der Waals surface area (Å²) in [6.45, 7) is 9.52. The van der Waals surface area contributed by atoms with Crippen LogP contribution in [0.4, 0.5) is 0 Å². The van der Waals surface area contributed by atoms with E-state index in [0.717, 1.165) is 39.1 Å². The van der Waals surface area contributed by atoms with Crippen molar-refractivity contribution in [3.05, 3.63) is 48.0 Å². The van der Waals surface area contributed by atoms with Gasteiger partial charge in [-0.25, -0.2) is 0 Å². The number of hydrogen-bond donors (Lipinski definition) is 1. The summed E-state index contributed by atoms with van der Waals surface area (Å²) in [5.41, 5.74) is 3.06. The van der Waals surface area contributed by atoms with E-state index in [2.05, 4.69) is 43.1 Å². The highest BCUT2D eigenvalue weighted by Gasteiger charge is 2.39. The van der Waals surface area contributed by atoms with Crippen LogP contribution in [0.15, 0.2) is 36.9 Å². The highest BCUT2D eigenvalue weighted by Crippen LogP contribution is 2.35. The number of nitrogens with one attached hydrogen (secondary N) is 1. The van der Waals surface area contributed by atoms with Crippen molar-refractivity contribution >= 4 is 0 Å². The molecule has 1 aromatic carbocycles. The first-order valence-corrected chi connectivity index (χ1v) is 6.79. The Bertz CT molecular complexity index is 379. The number of benzene rings is 1. The maximum absolute atomic E-state index is 5.46. The summed E-state index contributed by atoms with van der Waals surface area (Å²) < 4.78 is 5.46. The van der Waals surface area contributed by atoms with Crippen LogP contribution in [0, 0.1) is 0 Å². The first kappa shape index (κ1) is 13.3. The molecule has 2 nitrogen and oxygen atoms in total. The Morgan fingerprint density at radius 3 is 2.56 bits per heavy atom. The lowest BCUT2D eigenvalue weighted by molar-refractivity contribution is -0.0639. The van der Waals surface area contributed by atoms with Gasteiger partial charge in [-0.1, -0.05) is 37.3 Å². The van der Waals surface area contributed by atoms with Crippen molar-refractivity contribution in [2.45, 2.75) is 25.2 Å². The van der Waals surface area contributed by atoms with Crippen molar-refractivity contribution in [3.63, 3.8) is 0 Å². The molecule has 0 aliphatic carbocycles. The molecule has 0 radical (unpaired) electrons. The monoisotopic (exact) mass is 245 g/mol. The Labute approximate surface area is 110 Å². The van der Waals surface area contributed by atoms with Crippen LogP contribution in [-0.2, 0) is 16.6 Å². The van der Waals surface area contributed by atoms with Gasteiger partial charge < -0.3 is 10.1 Å². The molecule has 1 heterocycles. The van der Waals surface area contributed by atoms with Crippen molar-refractivity contribution in [1.82, 2.24) is 5.32 Å². The third kappa shape index (κ3) is 2.82. The lowest BCUT2D eigenvalue weighted by Crippen LogP contribution is -2.48. The van der Waals surface area contributed by atoms with Crippen LogP contribution >= 0.6 is 0 Å². The number of hydrogen-bond acceptors (Lipinski definition) is 2. The molecule has 1 aromatic rings. The zero-order valence-corrected chi connectivity index (χ0v) is 11.2. The quantitative estimate of drug-likeness (QED) is 0.589. The lowest BCUT2D eigenvalue weighted by Gasteiger charge is -2.42. The molecule has 18 heavy (non-hydrogen) atoms. The Morgan fingerprint density at radius 1 is 1.33 bits per heavy atom. The van der Waals surface area contributed by atoms with E-state index in [-0.39, 0.29) is 5.41 Å². The summed E-state index contributed by atoms with van der Waals surface area (Å²) in [6, 6.07) is 9.03. The van der Waals surface area contributed by atoms with Crippen LogP contribution in [0.25, 0.3) is 0 Å². The summed E-state index contributed by atoms with van der Waals surface area (Å²) in [7, 11) is 0. The molecule has 2 rings (SSSR count). The van der Waals surface area contributed by atoms with Crippen LogP contribution in [0.1, 0.15) is 24.5 Å². The van der Waals surface area contributed by atoms with Gasteiger partial charge in [-0.05, 0) is 30.5 Å². The van der Waals surface area contributed by atoms with Crippen LogP contribution in [-0.4, -0.2) is 26.3 Å². The van der Waals surface area contributed by atoms with Crippen LogP contribution in [0.5, 0.6) is 0 Å². The lowest BCUT2D eigenvalue weighted by atomic mass is 9.75. The fourth-order valence-corrected chi connectivity index (χ4v) is 2.43. The number of aryl methyl sites for hydroxylation is 1. The molecule has 0 atom stereocenters. The summed E-state index contributed by atoms with van der Waals surface area (Å²) in [5.74, 6) is 0. The van der Waals surface area contributed by atoms with Gasteiger partial charge in [0.25, 0.3) is 0 Å². The largest absolute Gasteiger partial charge is 0.379 e. The Hall–Kier alpha value is -1.12. The van der Waals surface area contributed by atoms with Crippen molar-refractivity contribution in [2.75, 3.05) is 26.3 Å². The average Bonchev–Trinajstić information content (AvgIpc) is 2.37. The molecule has 1 aliphatic rings. The van der Waals surface area contributed by atoms with Gasteiger partial charge in [-0.3, -0.25) is 0 Å². The van der Waals surface area contributed by atoms with Crippen molar-refractivity contribution in [1.29, 1.82) is 0 Å². The molecule has 0 unspecified atom stereocenters. The topological polar surface area (TPSA) is 21.3 Å². The minimum absolute atomic E-state index is 0.237. The third-order valence-corrected chi connectivity index (χ3v) is 3.80. The smallest absolute Gasteiger partial charge is 0.0586 e. The fourth-order valence-electron chi connectivity index (χ4n) is 2.43. The Morgan fingerprint density at radius 2 is 2.06 bits per heavy atom. The number of rotatable bonds is 7.